The van der Waals surface area contributed by atoms with Crippen molar-refractivity contribution in [1.29, 1.82) is 0 Å². The summed E-state index contributed by atoms with van der Waals surface area (Å²) in [5, 5.41) is 14.0. The lowest BCUT2D eigenvalue weighted by atomic mass is 10.2. The summed E-state index contributed by atoms with van der Waals surface area (Å²) < 4.78 is 5.98. The molecule has 1 aromatic heterocycles. The van der Waals surface area contributed by atoms with E-state index >= 15 is 0 Å². The van der Waals surface area contributed by atoms with E-state index in [4.69, 9.17) is 4.74 Å². The van der Waals surface area contributed by atoms with Crippen molar-refractivity contribution in [3.05, 3.63) is 50.6 Å². The van der Waals surface area contributed by atoms with Crippen LogP contribution < -0.4 is 10.1 Å². The summed E-state index contributed by atoms with van der Waals surface area (Å²) in [7, 11) is 1.55. The molecule has 1 aromatic carbocycles. The van der Waals surface area contributed by atoms with Gasteiger partial charge in [-0.15, -0.1) is 0 Å². The maximum Gasteiger partial charge on any atom is 0.311 e. The van der Waals surface area contributed by atoms with E-state index < -0.39 is 4.92 Å². The maximum absolute atomic E-state index is 11.0. The van der Waals surface area contributed by atoms with E-state index in [1.807, 2.05) is 0 Å². The second-order valence-electron chi connectivity index (χ2n) is 4.11. The minimum atomic E-state index is -0.460. The van der Waals surface area contributed by atoms with Crippen LogP contribution in [0.5, 0.6) is 5.75 Å². The zero-order valence-corrected chi connectivity index (χ0v) is 12.5. The summed E-state index contributed by atoms with van der Waals surface area (Å²) >= 11 is 3.35. The zero-order chi connectivity index (χ0) is 14.7. The van der Waals surface area contributed by atoms with Gasteiger partial charge in [0.1, 0.15) is 5.75 Å². The quantitative estimate of drug-likeness (QED) is 0.677. The number of aromatic nitrogens is 1. The first-order chi connectivity index (χ1) is 9.51. The summed E-state index contributed by atoms with van der Waals surface area (Å²) in [6.45, 7) is 1.76. The fourth-order valence-corrected chi connectivity index (χ4v) is 2.07. The third-order valence-electron chi connectivity index (χ3n) is 2.61. The number of aryl methyl sites for hydroxylation is 1. The molecular weight excluding hydrogens is 326 g/mol. The van der Waals surface area contributed by atoms with Gasteiger partial charge in [0.25, 0.3) is 0 Å². The molecule has 0 unspecified atom stereocenters. The molecule has 0 aliphatic carbocycles. The summed E-state index contributed by atoms with van der Waals surface area (Å²) in [5.74, 6) is 0.828. The van der Waals surface area contributed by atoms with Crippen molar-refractivity contribution < 1.29 is 9.66 Å². The number of nitrogens with one attached hydrogen (secondary N) is 1. The molecular formula is C13H12BrN3O3. The van der Waals surface area contributed by atoms with Crippen LogP contribution in [0.3, 0.4) is 0 Å². The molecule has 2 aromatic rings. The number of hydrogen-bond donors (Lipinski definition) is 1. The Balaban J connectivity index is 2.37. The minimum absolute atomic E-state index is 0.0631. The number of nitro groups is 1. The van der Waals surface area contributed by atoms with E-state index in [0.717, 1.165) is 10.0 Å². The molecule has 0 saturated heterocycles. The molecule has 20 heavy (non-hydrogen) atoms. The first kappa shape index (κ1) is 14.3. The highest BCUT2D eigenvalue weighted by molar-refractivity contribution is 9.10. The van der Waals surface area contributed by atoms with Crippen LogP contribution in [0.15, 0.2) is 34.9 Å². The highest BCUT2D eigenvalue weighted by atomic mass is 79.9. The van der Waals surface area contributed by atoms with E-state index in [-0.39, 0.29) is 11.5 Å². The molecule has 0 saturated carbocycles. The van der Waals surface area contributed by atoms with Crippen LogP contribution in [0.1, 0.15) is 5.56 Å². The molecule has 0 atom stereocenters. The highest BCUT2D eigenvalue weighted by Crippen LogP contribution is 2.31. The van der Waals surface area contributed by atoms with E-state index in [1.165, 1.54) is 6.07 Å². The lowest BCUT2D eigenvalue weighted by Gasteiger charge is -2.09. The van der Waals surface area contributed by atoms with Gasteiger partial charge < -0.3 is 10.1 Å². The van der Waals surface area contributed by atoms with E-state index in [9.17, 15) is 10.1 Å². The Hall–Kier alpha value is -2.15. The SMILES string of the molecule is COc1cc(Nc2ncc(C)cc2[N+](=O)[O-])ccc1Br. The van der Waals surface area contributed by atoms with Gasteiger partial charge in [-0.3, -0.25) is 10.1 Å². The van der Waals surface area contributed by atoms with Gasteiger partial charge in [-0.1, -0.05) is 0 Å². The Morgan fingerprint density at radius 3 is 2.80 bits per heavy atom. The van der Waals surface area contributed by atoms with Crippen molar-refractivity contribution in [2.75, 3.05) is 12.4 Å². The number of ether oxygens (including phenoxy) is 1. The van der Waals surface area contributed by atoms with Gasteiger partial charge in [0.15, 0.2) is 0 Å². The Labute approximate surface area is 124 Å². The molecule has 7 heteroatoms. The molecule has 0 spiro atoms. The Morgan fingerprint density at radius 2 is 2.15 bits per heavy atom. The normalized spacial score (nSPS) is 10.2. The molecule has 1 N–H and O–H groups in total. The monoisotopic (exact) mass is 337 g/mol. The lowest BCUT2D eigenvalue weighted by Crippen LogP contribution is -2.00. The van der Waals surface area contributed by atoms with Crippen LogP contribution in [-0.4, -0.2) is 17.0 Å². The number of pyridine rings is 1. The predicted octanol–water partition coefficient (Wildman–Crippen LogP) is 3.81. The van der Waals surface area contributed by atoms with Crippen molar-refractivity contribution in [3.63, 3.8) is 0 Å². The topological polar surface area (TPSA) is 77.3 Å². The summed E-state index contributed by atoms with van der Waals surface area (Å²) in [6, 6.07) is 6.78. The van der Waals surface area contributed by atoms with Crippen molar-refractivity contribution in [1.82, 2.24) is 4.98 Å². The highest BCUT2D eigenvalue weighted by Gasteiger charge is 2.16. The Kier molecular flexibility index (Phi) is 4.19. The Morgan fingerprint density at radius 1 is 1.40 bits per heavy atom. The van der Waals surface area contributed by atoms with Gasteiger partial charge in [-0.2, -0.15) is 0 Å². The van der Waals surface area contributed by atoms with Gasteiger partial charge in [0.05, 0.1) is 16.5 Å². The number of halogens is 1. The molecule has 0 amide bonds. The molecule has 1 heterocycles. The number of methoxy groups -OCH3 is 1. The molecule has 0 fully saturated rings. The van der Waals surface area contributed by atoms with Gasteiger partial charge in [-0.05, 0) is 40.5 Å². The average Bonchev–Trinajstić information content (AvgIpc) is 2.42. The van der Waals surface area contributed by atoms with Crippen LogP contribution >= 0.6 is 15.9 Å². The first-order valence-electron chi connectivity index (χ1n) is 5.73. The standard InChI is InChI=1S/C13H12BrN3O3/c1-8-5-11(17(18)19)13(15-7-8)16-9-3-4-10(14)12(6-9)20-2/h3-7H,1-2H3,(H,15,16). The van der Waals surface area contributed by atoms with Gasteiger partial charge >= 0.3 is 5.69 Å². The maximum atomic E-state index is 11.0. The number of hydrogen-bond acceptors (Lipinski definition) is 5. The van der Waals surface area contributed by atoms with E-state index in [1.54, 1.807) is 38.4 Å². The van der Waals surface area contributed by atoms with Crippen LogP contribution in [0, 0.1) is 17.0 Å². The third-order valence-corrected chi connectivity index (χ3v) is 3.27. The molecule has 0 bridgehead atoms. The van der Waals surface area contributed by atoms with Crippen LogP contribution in [0.2, 0.25) is 0 Å². The van der Waals surface area contributed by atoms with Crippen molar-refractivity contribution >= 4 is 33.1 Å². The van der Waals surface area contributed by atoms with Crippen molar-refractivity contribution in [2.45, 2.75) is 6.92 Å². The van der Waals surface area contributed by atoms with Gasteiger partial charge in [0.2, 0.25) is 5.82 Å². The number of nitrogens with zero attached hydrogens (tertiary/aromatic N) is 2. The average molecular weight is 338 g/mol. The van der Waals surface area contributed by atoms with Crippen molar-refractivity contribution in [2.24, 2.45) is 0 Å². The zero-order valence-electron chi connectivity index (χ0n) is 10.9. The predicted molar refractivity (Wildman–Crippen MR) is 79.6 cm³/mol. The molecule has 0 aliphatic heterocycles. The molecule has 6 nitrogen and oxygen atoms in total. The number of anilines is 2. The van der Waals surface area contributed by atoms with Crippen molar-refractivity contribution in [3.8, 4) is 5.75 Å². The smallest absolute Gasteiger partial charge is 0.311 e. The molecule has 0 radical (unpaired) electrons. The second-order valence-corrected chi connectivity index (χ2v) is 4.97. The minimum Gasteiger partial charge on any atom is -0.495 e. The Bertz CT molecular complexity index is 661. The van der Waals surface area contributed by atoms with Crippen LogP contribution in [-0.2, 0) is 0 Å². The summed E-state index contributed by atoms with van der Waals surface area (Å²) in [5.41, 5.74) is 1.33. The summed E-state index contributed by atoms with van der Waals surface area (Å²) in [4.78, 5) is 14.6. The molecule has 0 aliphatic rings. The van der Waals surface area contributed by atoms with Gasteiger partial charge in [-0.25, -0.2) is 4.98 Å². The van der Waals surface area contributed by atoms with E-state index in [0.29, 0.717) is 11.4 Å². The fraction of sp³-hybridized carbons (Fsp3) is 0.154. The number of benzene rings is 1. The lowest BCUT2D eigenvalue weighted by molar-refractivity contribution is -0.384. The number of rotatable bonds is 4. The second kappa shape index (κ2) is 5.87. The molecule has 2 rings (SSSR count). The summed E-state index contributed by atoms with van der Waals surface area (Å²) in [6.07, 6.45) is 1.57. The van der Waals surface area contributed by atoms with Gasteiger partial charge in [0, 0.05) is 24.0 Å². The van der Waals surface area contributed by atoms with Crippen LogP contribution in [0.25, 0.3) is 0 Å². The fourth-order valence-electron chi connectivity index (χ4n) is 1.66. The first-order valence-corrected chi connectivity index (χ1v) is 6.52. The van der Waals surface area contributed by atoms with Crippen LogP contribution in [0.4, 0.5) is 17.2 Å². The van der Waals surface area contributed by atoms with E-state index in [2.05, 4.69) is 26.2 Å². The molecule has 104 valence electrons. The largest absolute Gasteiger partial charge is 0.495 e. The third kappa shape index (κ3) is 3.05.